The van der Waals surface area contributed by atoms with Crippen LogP contribution < -0.4 is 4.74 Å². The average Bonchev–Trinajstić information content (AvgIpc) is 3.39. The summed E-state index contributed by atoms with van der Waals surface area (Å²) in [7, 11) is 0. The Hall–Kier alpha value is -2.45. The van der Waals surface area contributed by atoms with E-state index in [4.69, 9.17) is 4.74 Å². The molecule has 3 atom stereocenters. The van der Waals surface area contributed by atoms with Crippen LogP contribution in [0.5, 0.6) is 5.75 Å². The first kappa shape index (κ1) is 22.2. The number of hydrogen-bond acceptors (Lipinski definition) is 4. The zero-order valence-corrected chi connectivity index (χ0v) is 17.5. The van der Waals surface area contributed by atoms with Gasteiger partial charge in [-0.3, -0.25) is 4.79 Å². The van der Waals surface area contributed by atoms with Gasteiger partial charge in [-0.1, -0.05) is 18.2 Å². The van der Waals surface area contributed by atoms with Gasteiger partial charge in [-0.05, 0) is 51.7 Å². The molecule has 0 bridgehead atoms. The molecule has 6 nitrogen and oxygen atoms in total. The van der Waals surface area contributed by atoms with Gasteiger partial charge in [0.15, 0.2) is 0 Å². The van der Waals surface area contributed by atoms with Crippen LogP contribution in [-0.4, -0.2) is 59.4 Å². The number of carbonyl (C=O) groups is 2. The summed E-state index contributed by atoms with van der Waals surface area (Å²) in [6, 6.07) is 5.74. The Kier molecular flexibility index (Phi) is 5.93. The summed E-state index contributed by atoms with van der Waals surface area (Å²) in [4.78, 5) is 28.5. The minimum Gasteiger partial charge on any atom is -0.444 e. The largest absolute Gasteiger partial charge is 0.573 e. The van der Waals surface area contributed by atoms with E-state index in [-0.39, 0.29) is 29.5 Å². The lowest BCUT2D eigenvalue weighted by Gasteiger charge is -2.40. The first-order valence-corrected chi connectivity index (χ1v) is 9.99. The van der Waals surface area contributed by atoms with Crippen LogP contribution >= 0.6 is 0 Å². The van der Waals surface area contributed by atoms with Gasteiger partial charge in [-0.25, -0.2) is 4.79 Å². The number of para-hydroxylation sites is 1. The maximum Gasteiger partial charge on any atom is 0.573 e. The molecule has 30 heavy (non-hydrogen) atoms. The van der Waals surface area contributed by atoms with Gasteiger partial charge in [0, 0.05) is 31.6 Å². The van der Waals surface area contributed by atoms with Crippen LogP contribution in [-0.2, 0) is 9.53 Å². The Balaban J connectivity index is 1.61. The van der Waals surface area contributed by atoms with Crippen molar-refractivity contribution in [2.24, 2.45) is 5.92 Å². The Bertz CT molecular complexity index is 806. The molecule has 1 saturated carbocycles. The highest BCUT2D eigenvalue weighted by Crippen LogP contribution is 2.51. The zero-order valence-electron chi connectivity index (χ0n) is 17.5. The van der Waals surface area contributed by atoms with Gasteiger partial charge in [0.25, 0.3) is 0 Å². The smallest absolute Gasteiger partial charge is 0.444 e. The number of halogens is 3. The Morgan fingerprint density at radius 1 is 1.10 bits per heavy atom. The van der Waals surface area contributed by atoms with Gasteiger partial charge < -0.3 is 19.3 Å². The zero-order chi connectivity index (χ0) is 22.3. The molecule has 3 rings (SSSR count). The normalized spacial score (nSPS) is 24.4. The van der Waals surface area contributed by atoms with Crippen molar-refractivity contribution in [2.75, 3.05) is 19.6 Å². The Labute approximate surface area is 173 Å². The fourth-order valence-corrected chi connectivity index (χ4v) is 3.80. The molecule has 1 saturated heterocycles. The number of carbonyl (C=O) groups excluding carboxylic acids is 2. The molecule has 2 unspecified atom stereocenters. The second kappa shape index (κ2) is 8.00. The lowest BCUT2D eigenvalue weighted by Crippen LogP contribution is -2.56. The summed E-state index contributed by atoms with van der Waals surface area (Å²) < 4.78 is 47.5. The van der Waals surface area contributed by atoms with Gasteiger partial charge in [0.05, 0.1) is 0 Å². The number of rotatable bonds is 3. The molecule has 2 aliphatic rings. The molecule has 166 valence electrons. The third-order valence-electron chi connectivity index (χ3n) is 5.22. The topological polar surface area (TPSA) is 59.1 Å². The quantitative estimate of drug-likeness (QED) is 0.726. The average molecular weight is 428 g/mol. The number of ether oxygens (including phenoxy) is 2. The van der Waals surface area contributed by atoms with Crippen molar-refractivity contribution in [3.63, 3.8) is 0 Å². The minimum atomic E-state index is -4.78. The summed E-state index contributed by atoms with van der Waals surface area (Å²) in [6.07, 6.45) is -4.71. The van der Waals surface area contributed by atoms with E-state index in [9.17, 15) is 22.8 Å². The standard InChI is InChI=1S/C21H27F3N2O4/c1-13-12-25(9-10-26(13)19(28)30-20(2,3)4)18(27)16-11-15(16)14-7-5-6-8-17(14)29-21(22,23)24/h5-8,13,15-16H,9-12H2,1-4H3/t13-,15?,16?/m1/s1. The molecule has 0 aromatic heterocycles. The van der Waals surface area contributed by atoms with E-state index in [1.165, 1.54) is 12.1 Å². The Morgan fingerprint density at radius 3 is 2.37 bits per heavy atom. The van der Waals surface area contributed by atoms with E-state index in [1.807, 2.05) is 6.92 Å². The second-order valence-electron chi connectivity index (χ2n) is 8.84. The van der Waals surface area contributed by atoms with Crippen LogP contribution in [0.4, 0.5) is 18.0 Å². The van der Waals surface area contributed by atoms with Crippen LogP contribution in [0, 0.1) is 5.92 Å². The number of piperazine rings is 1. The molecule has 1 aromatic carbocycles. The van der Waals surface area contributed by atoms with Crippen LogP contribution in [0.3, 0.4) is 0 Å². The van der Waals surface area contributed by atoms with E-state index < -0.39 is 18.1 Å². The van der Waals surface area contributed by atoms with E-state index in [0.717, 1.165) is 0 Å². The third kappa shape index (κ3) is 5.37. The fourth-order valence-electron chi connectivity index (χ4n) is 3.80. The maximum absolute atomic E-state index is 12.9. The number of nitrogens with zero attached hydrogens (tertiary/aromatic N) is 2. The predicted octanol–water partition coefficient (Wildman–Crippen LogP) is 4.16. The summed E-state index contributed by atoms with van der Waals surface area (Å²) in [5.74, 6) is -1.02. The molecular weight excluding hydrogens is 401 g/mol. The molecule has 1 aliphatic heterocycles. The fraction of sp³-hybridized carbons (Fsp3) is 0.619. The van der Waals surface area contributed by atoms with Crippen LogP contribution in [0.2, 0.25) is 0 Å². The molecule has 9 heteroatoms. The second-order valence-corrected chi connectivity index (χ2v) is 8.84. The van der Waals surface area contributed by atoms with Crippen molar-refractivity contribution < 1.29 is 32.2 Å². The summed E-state index contributed by atoms with van der Waals surface area (Å²) in [5.41, 5.74) is -0.203. The van der Waals surface area contributed by atoms with E-state index in [0.29, 0.717) is 31.6 Å². The lowest BCUT2D eigenvalue weighted by molar-refractivity contribution is -0.274. The monoisotopic (exact) mass is 428 g/mol. The van der Waals surface area contributed by atoms with Crippen molar-refractivity contribution in [3.8, 4) is 5.75 Å². The summed E-state index contributed by atoms with van der Waals surface area (Å²) in [6.45, 7) is 8.32. The first-order valence-electron chi connectivity index (χ1n) is 9.99. The van der Waals surface area contributed by atoms with Gasteiger partial charge in [0.1, 0.15) is 11.4 Å². The molecule has 2 amide bonds. The van der Waals surface area contributed by atoms with Crippen LogP contribution in [0.15, 0.2) is 24.3 Å². The highest BCUT2D eigenvalue weighted by molar-refractivity contribution is 5.83. The molecule has 2 fully saturated rings. The van der Waals surface area contributed by atoms with Crippen molar-refractivity contribution in [1.29, 1.82) is 0 Å². The van der Waals surface area contributed by atoms with Crippen molar-refractivity contribution >= 4 is 12.0 Å². The molecule has 1 heterocycles. The van der Waals surface area contributed by atoms with Crippen molar-refractivity contribution in [1.82, 2.24) is 9.80 Å². The first-order chi connectivity index (χ1) is 13.9. The summed E-state index contributed by atoms with van der Waals surface area (Å²) >= 11 is 0. The van der Waals surface area contributed by atoms with Gasteiger partial charge in [-0.2, -0.15) is 0 Å². The van der Waals surface area contributed by atoms with Crippen LogP contribution in [0.1, 0.15) is 45.6 Å². The van der Waals surface area contributed by atoms with Crippen molar-refractivity contribution in [2.45, 2.75) is 58.0 Å². The van der Waals surface area contributed by atoms with E-state index in [2.05, 4.69) is 4.74 Å². The van der Waals surface area contributed by atoms with Crippen molar-refractivity contribution in [3.05, 3.63) is 29.8 Å². The SMILES string of the molecule is C[C@@H]1CN(C(=O)C2CC2c2ccccc2OC(F)(F)F)CCN1C(=O)OC(C)(C)C. The number of alkyl halides is 3. The Morgan fingerprint density at radius 2 is 1.77 bits per heavy atom. The van der Waals surface area contributed by atoms with Gasteiger partial charge in [0.2, 0.25) is 5.91 Å². The minimum absolute atomic E-state index is 0.0995. The highest BCUT2D eigenvalue weighted by atomic mass is 19.4. The maximum atomic E-state index is 12.9. The third-order valence-corrected chi connectivity index (χ3v) is 5.22. The lowest BCUT2D eigenvalue weighted by atomic mass is 10.1. The van der Waals surface area contributed by atoms with E-state index >= 15 is 0 Å². The van der Waals surface area contributed by atoms with Gasteiger partial charge in [-0.15, -0.1) is 13.2 Å². The summed E-state index contributed by atoms with van der Waals surface area (Å²) in [5, 5.41) is 0. The molecule has 0 spiro atoms. The van der Waals surface area contributed by atoms with E-state index in [1.54, 1.807) is 42.7 Å². The molecule has 1 aliphatic carbocycles. The molecule has 0 radical (unpaired) electrons. The number of amides is 2. The van der Waals surface area contributed by atoms with Gasteiger partial charge >= 0.3 is 12.5 Å². The molecule has 0 N–H and O–H groups in total. The van der Waals surface area contributed by atoms with Crippen LogP contribution in [0.25, 0.3) is 0 Å². The highest BCUT2D eigenvalue weighted by Gasteiger charge is 2.48. The predicted molar refractivity (Wildman–Crippen MR) is 103 cm³/mol. The molecule has 1 aromatic rings. The number of hydrogen-bond donors (Lipinski definition) is 0. The number of benzene rings is 1. The molecular formula is C21H27F3N2O4.